The van der Waals surface area contributed by atoms with E-state index in [4.69, 9.17) is 9.47 Å². The number of aliphatic hydroxyl groups is 1. The number of anilines is 1. The Hall–Kier alpha value is -2.16. The van der Waals surface area contributed by atoms with Crippen molar-refractivity contribution in [3.63, 3.8) is 0 Å². The SMILES string of the molecule is C[C@@H]1CCCCO[C@@H](CN(C)CC2CC2)[C@@H](C)CN([C@H](C)CO)C(=O)c2cc(NC(=O)C3CCCCC3)ccc2O1. The lowest BCUT2D eigenvalue weighted by Gasteiger charge is -2.36. The first-order valence-electron chi connectivity index (χ1n) is 16.1. The van der Waals surface area contributed by atoms with Gasteiger partial charge in [-0.05, 0) is 90.0 Å². The van der Waals surface area contributed by atoms with Crippen molar-refractivity contribution in [2.75, 3.05) is 45.2 Å². The van der Waals surface area contributed by atoms with E-state index in [1.807, 2.05) is 26.0 Å². The molecule has 4 rings (SSSR count). The van der Waals surface area contributed by atoms with Crippen LogP contribution in [0.2, 0.25) is 0 Å². The van der Waals surface area contributed by atoms with Crippen LogP contribution in [-0.4, -0.2) is 84.9 Å². The van der Waals surface area contributed by atoms with E-state index in [1.54, 1.807) is 11.0 Å². The predicted octanol–water partition coefficient (Wildman–Crippen LogP) is 5.34. The molecule has 1 aromatic carbocycles. The van der Waals surface area contributed by atoms with E-state index in [0.717, 1.165) is 64.0 Å². The highest BCUT2D eigenvalue weighted by Crippen LogP contribution is 2.31. The van der Waals surface area contributed by atoms with Gasteiger partial charge in [-0.2, -0.15) is 0 Å². The fourth-order valence-corrected chi connectivity index (χ4v) is 6.19. The first kappa shape index (κ1) is 31.8. The van der Waals surface area contributed by atoms with Crippen LogP contribution in [0.4, 0.5) is 5.69 Å². The Morgan fingerprint density at radius 3 is 2.51 bits per heavy atom. The first-order valence-corrected chi connectivity index (χ1v) is 16.1. The zero-order valence-electron chi connectivity index (χ0n) is 25.8. The van der Waals surface area contributed by atoms with Gasteiger partial charge in [-0.3, -0.25) is 9.59 Å². The second-order valence-corrected chi connectivity index (χ2v) is 13.0. The zero-order chi connectivity index (χ0) is 29.4. The number of fused-ring (bicyclic) bond motifs is 1. The van der Waals surface area contributed by atoms with Gasteiger partial charge < -0.3 is 29.7 Å². The summed E-state index contributed by atoms with van der Waals surface area (Å²) >= 11 is 0. The molecule has 2 N–H and O–H groups in total. The number of hydrogen-bond donors (Lipinski definition) is 2. The molecule has 0 bridgehead atoms. The van der Waals surface area contributed by atoms with E-state index in [9.17, 15) is 14.7 Å². The number of carbonyl (C=O) groups excluding carboxylic acids is 2. The largest absolute Gasteiger partial charge is 0.490 e. The van der Waals surface area contributed by atoms with E-state index in [0.29, 0.717) is 30.2 Å². The summed E-state index contributed by atoms with van der Waals surface area (Å²) in [6, 6.07) is 5.03. The van der Waals surface area contributed by atoms with E-state index in [2.05, 4.69) is 24.2 Å². The Morgan fingerprint density at radius 2 is 1.80 bits per heavy atom. The van der Waals surface area contributed by atoms with Crippen LogP contribution < -0.4 is 10.1 Å². The summed E-state index contributed by atoms with van der Waals surface area (Å²) in [5.74, 6) is 1.23. The van der Waals surface area contributed by atoms with Gasteiger partial charge in [-0.15, -0.1) is 0 Å². The third-order valence-corrected chi connectivity index (χ3v) is 9.05. The standard InChI is InChI=1S/C33H53N3O5/c1-23-19-36(24(2)22-37)33(39)29-18-28(34-32(38)27-11-6-5-7-12-27)15-16-30(29)41-25(3)10-8-9-17-40-31(23)21-35(4)20-26-13-14-26/h15-16,18,23-27,31,37H,5-14,17,19-22H2,1-4H3,(H,34,38)/t23-,24+,25+,31-/m0/s1. The topological polar surface area (TPSA) is 91.3 Å². The van der Waals surface area contributed by atoms with Gasteiger partial charge in [0.15, 0.2) is 0 Å². The number of ether oxygens (including phenoxy) is 2. The molecule has 0 saturated heterocycles. The minimum atomic E-state index is -0.381. The van der Waals surface area contributed by atoms with Crippen LogP contribution in [0.5, 0.6) is 5.75 Å². The average molecular weight is 572 g/mol. The van der Waals surface area contributed by atoms with Gasteiger partial charge in [0, 0.05) is 43.8 Å². The quantitative estimate of drug-likeness (QED) is 0.438. The van der Waals surface area contributed by atoms with Crippen molar-refractivity contribution < 1.29 is 24.2 Å². The van der Waals surface area contributed by atoms with Crippen LogP contribution in [0, 0.1) is 17.8 Å². The molecule has 3 aliphatic rings. The molecule has 8 heteroatoms. The number of likely N-dealkylation sites (N-methyl/N-ethyl adjacent to an activating group) is 1. The third-order valence-electron chi connectivity index (χ3n) is 9.05. The molecule has 0 spiro atoms. The summed E-state index contributed by atoms with van der Waals surface area (Å²) in [6.07, 6.45) is 10.5. The maximum atomic E-state index is 14.3. The van der Waals surface area contributed by atoms with Crippen molar-refractivity contribution in [2.45, 2.75) is 103 Å². The third kappa shape index (κ3) is 9.42. The van der Waals surface area contributed by atoms with Crippen LogP contribution in [0.1, 0.15) is 95.3 Å². The number of carbonyl (C=O) groups is 2. The van der Waals surface area contributed by atoms with Gasteiger partial charge in [0.2, 0.25) is 5.91 Å². The summed E-state index contributed by atoms with van der Waals surface area (Å²) in [7, 11) is 2.16. The molecule has 1 aromatic rings. The summed E-state index contributed by atoms with van der Waals surface area (Å²) in [6.45, 7) is 8.95. The van der Waals surface area contributed by atoms with Gasteiger partial charge in [0.05, 0.1) is 30.4 Å². The summed E-state index contributed by atoms with van der Waals surface area (Å²) in [4.78, 5) is 31.4. The lowest BCUT2D eigenvalue weighted by Crippen LogP contribution is -2.47. The zero-order valence-corrected chi connectivity index (χ0v) is 25.8. The Balaban J connectivity index is 1.59. The molecule has 0 unspecified atom stereocenters. The van der Waals surface area contributed by atoms with E-state index in [1.165, 1.54) is 19.3 Å². The highest BCUT2D eigenvalue weighted by atomic mass is 16.5. The van der Waals surface area contributed by atoms with Gasteiger partial charge >= 0.3 is 0 Å². The lowest BCUT2D eigenvalue weighted by molar-refractivity contribution is -0.120. The Kier molecular flexibility index (Phi) is 11.9. The van der Waals surface area contributed by atoms with Crippen molar-refractivity contribution in [3.05, 3.63) is 23.8 Å². The van der Waals surface area contributed by atoms with Crippen LogP contribution in [0.25, 0.3) is 0 Å². The molecule has 2 aliphatic carbocycles. The normalized spacial score (nSPS) is 26.1. The fraction of sp³-hybridized carbons (Fsp3) is 0.758. The van der Waals surface area contributed by atoms with Crippen LogP contribution in [0.3, 0.4) is 0 Å². The average Bonchev–Trinajstić information content (AvgIpc) is 3.78. The van der Waals surface area contributed by atoms with Crippen molar-refractivity contribution in [2.24, 2.45) is 17.8 Å². The Morgan fingerprint density at radius 1 is 1.07 bits per heavy atom. The van der Waals surface area contributed by atoms with Gasteiger partial charge in [-0.1, -0.05) is 26.2 Å². The molecule has 2 fully saturated rings. The van der Waals surface area contributed by atoms with Crippen LogP contribution in [0.15, 0.2) is 18.2 Å². The molecular weight excluding hydrogens is 518 g/mol. The molecular formula is C33H53N3O5. The minimum Gasteiger partial charge on any atom is -0.490 e. The lowest BCUT2D eigenvalue weighted by atomic mass is 9.88. The van der Waals surface area contributed by atoms with E-state index < -0.39 is 0 Å². The molecule has 4 atom stereocenters. The van der Waals surface area contributed by atoms with Crippen molar-refractivity contribution >= 4 is 17.5 Å². The predicted molar refractivity (Wildman–Crippen MR) is 162 cm³/mol. The molecule has 41 heavy (non-hydrogen) atoms. The number of nitrogens with one attached hydrogen (secondary N) is 1. The first-order chi connectivity index (χ1) is 19.7. The van der Waals surface area contributed by atoms with Crippen LogP contribution in [-0.2, 0) is 9.53 Å². The summed E-state index contributed by atoms with van der Waals surface area (Å²) < 4.78 is 12.8. The van der Waals surface area contributed by atoms with Gasteiger partial charge in [0.25, 0.3) is 5.91 Å². The Bertz CT molecular complexity index is 993. The molecule has 2 saturated carbocycles. The molecule has 0 radical (unpaired) electrons. The molecule has 0 aromatic heterocycles. The number of rotatable bonds is 8. The highest BCUT2D eigenvalue weighted by molar-refractivity contribution is 6.00. The van der Waals surface area contributed by atoms with Gasteiger partial charge in [0.1, 0.15) is 5.75 Å². The second kappa shape index (κ2) is 15.4. The second-order valence-electron chi connectivity index (χ2n) is 13.0. The number of benzene rings is 1. The molecule has 8 nitrogen and oxygen atoms in total. The fourth-order valence-electron chi connectivity index (χ4n) is 6.19. The Labute approximate surface area is 247 Å². The molecule has 2 amide bonds. The monoisotopic (exact) mass is 571 g/mol. The van der Waals surface area contributed by atoms with Crippen molar-refractivity contribution in [1.82, 2.24) is 9.80 Å². The smallest absolute Gasteiger partial charge is 0.258 e. The number of aliphatic hydroxyl groups excluding tert-OH is 1. The van der Waals surface area contributed by atoms with Crippen molar-refractivity contribution in [1.29, 1.82) is 0 Å². The maximum Gasteiger partial charge on any atom is 0.258 e. The number of hydrogen-bond acceptors (Lipinski definition) is 6. The van der Waals surface area contributed by atoms with Crippen LogP contribution >= 0.6 is 0 Å². The number of nitrogens with zero attached hydrogens (tertiary/aromatic N) is 2. The number of amides is 2. The van der Waals surface area contributed by atoms with Crippen molar-refractivity contribution in [3.8, 4) is 5.75 Å². The molecule has 230 valence electrons. The molecule has 1 heterocycles. The van der Waals surface area contributed by atoms with Gasteiger partial charge in [-0.25, -0.2) is 0 Å². The highest BCUT2D eigenvalue weighted by Gasteiger charge is 2.31. The van der Waals surface area contributed by atoms with E-state index in [-0.39, 0.29) is 48.5 Å². The molecule has 1 aliphatic heterocycles. The summed E-state index contributed by atoms with van der Waals surface area (Å²) in [5, 5.41) is 13.2. The minimum absolute atomic E-state index is 0.0165. The summed E-state index contributed by atoms with van der Waals surface area (Å²) in [5.41, 5.74) is 1.03. The van der Waals surface area contributed by atoms with E-state index >= 15 is 0 Å². The maximum absolute atomic E-state index is 14.3.